The predicted molar refractivity (Wildman–Crippen MR) is 76.5 cm³/mol. The summed E-state index contributed by atoms with van der Waals surface area (Å²) in [5.74, 6) is -0.105. The number of nitrogens with one attached hydrogen (secondary N) is 1. The highest BCUT2D eigenvalue weighted by molar-refractivity contribution is 5.85. The second-order valence-electron chi connectivity index (χ2n) is 5.10. The Morgan fingerprint density at radius 2 is 2.11 bits per heavy atom. The monoisotopic (exact) mass is 264 g/mol. The third kappa shape index (κ3) is 5.01. The van der Waals surface area contributed by atoms with Crippen LogP contribution in [0.4, 0.5) is 0 Å². The second kappa shape index (κ2) is 7.26. The maximum Gasteiger partial charge on any atom is 0.240 e. The minimum atomic E-state index is -0.793. The molecular weight excluding hydrogens is 240 g/mol. The van der Waals surface area contributed by atoms with E-state index >= 15 is 0 Å². The van der Waals surface area contributed by atoms with Crippen molar-refractivity contribution in [2.24, 2.45) is 5.73 Å². The Morgan fingerprint density at radius 3 is 2.74 bits per heavy atom. The highest BCUT2D eigenvalue weighted by atomic mass is 16.5. The third-order valence-electron chi connectivity index (χ3n) is 3.04. The topological polar surface area (TPSA) is 64.4 Å². The van der Waals surface area contributed by atoms with Crippen molar-refractivity contribution in [3.8, 4) is 0 Å². The molecule has 0 aromatic heterocycles. The van der Waals surface area contributed by atoms with Gasteiger partial charge >= 0.3 is 0 Å². The summed E-state index contributed by atoms with van der Waals surface area (Å²) >= 11 is 0. The number of rotatable bonds is 7. The van der Waals surface area contributed by atoms with Crippen molar-refractivity contribution in [2.45, 2.75) is 45.4 Å². The fourth-order valence-corrected chi connectivity index (χ4v) is 2.01. The number of carbonyl (C=O) groups excluding carboxylic acids is 1. The molecule has 0 radical (unpaired) electrons. The molecule has 0 bridgehead atoms. The maximum atomic E-state index is 12.0. The SMILES string of the molecule is CCCC(C)(N)C(=O)NCc1cccc(COC)c1. The molecule has 0 saturated heterocycles. The molecule has 0 fully saturated rings. The molecule has 4 nitrogen and oxygen atoms in total. The van der Waals surface area contributed by atoms with Crippen LogP contribution in [0.3, 0.4) is 0 Å². The molecule has 4 heteroatoms. The summed E-state index contributed by atoms with van der Waals surface area (Å²) in [6, 6.07) is 7.97. The first-order chi connectivity index (χ1) is 8.99. The van der Waals surface area contributed by atoms with E-state index in [2.05, 4.69) is 5.32 Å². The van der Waals surface area contributed by atoms with E-state index in [-0.39, 0.29) is 5.91 Å². The number of methoxy groups -OCH3 is 1. The van der Waals surface area contributed by atoms with Gasteiger partial charge in [-0.3, -0.25) is 4.79 Å². The van der Waals surface area contributed by atoms with Crippen LogP contribution in [0.5, 0.6) is 0 Å². The Hall–Kier alpha value is -1.39. The van der Waals surface area contributed by atoms with E-state index in [1.165, 1.54) is 0 Å². The highest BCUT2D eigenvalue weighted by Gasteiger charge is 2.26. The summed E-state index contributed by atoms with van der Waals surface area (Å²) in [6.07, 6.45) is 1.58. The van der Waals surface area contributed by atoms with Crippen LogP contribution in [0, 0.1) is 0 Å². The average Bonchev–Trinajstić information content (AvgIpc) is 2.36. The fourth-order valence-electron chi connectivity index (χ4n) is 2.01. The summed E-state index contributed by atoms with van der Waals surface area (Å²) in [7, 11) is 1.67. The minimum absolute atomic E-state index is 0.105. The summed E-state index contributed by atoms with van der Waals surface area (Å²) < 4.78 is 5.09. The van der Waals surface area contributed by atoms with Crippen molar-refractivity contribution in [2.75, 3.05) is 7.11 Å². The van der Waals surface area contributed by atoms with Gasteiger partial charge in [-0.05, 0) is 24.5 Å². The summed E-state index contributed by atoms with van der Waals surface area (Å²) in [4.78, 5) is 12.0. The lowest BCUT2D eigenvalue weighted by Crippen LogP contribution is -2.51. The maximum absolute atomic E-state index is 12.0. The molecule has 1 atom stereocenters. The van der Waals surface area contributed by atoms with Gasteiger partial charge in [0.1, 0.15) is 0 Å². The molecule has 0 aliphatic rings. The zero-order valence-electron chi connectivity index (χ0n) is 12.0. The number of nitrogens with two attached hydrogens (primary N) is 1. The Bertz CT molecular complexity index is 416. The van der Waals surface area contributed by atoms with Crippen molar-refractivity contribution in [1.82, 2.24) is 5.32 Å². The molecule has 0 aliphatic carbocycles. The Balaban J connectivity index is 2.56. The number of ether oxygens (including phenoxy) is 1. The van der Waals surface area contributed by atoms with Crippen molar-refractivity contribution >= 4 is 5.91 Å². The van der Waals surface area contributed by atoms with Gasteiger partial charge in [0, 0.05) is 13.7 Å². The molecule has 3 N–H and O–H groups in total. The number of carbonyl (C=O) groups is 1. The smallest absolute Gasteiger partial charge is 0.240 e. The normalized spacial score (nSPS) is 13.9. The van der Waals surface area contributed by atoms with Gasteiger partial charge in [0.15, 0.2) is 0 Å². The van der Waals surface area contributed by atoms with Crippen LogP contribution in [0.2, 0.25) is 0 Å². The molecule has 0 aliphatic heterocycles. The average molecular weight is 264 g/mol. The molecule has 1 unspecified atom stereocenters. The molecule has 106 valence electrons. The van der Waals surface area contributed by atoms with E-state index in [1.807, 2.05) is 31.2 Å². The van der Waals surface area contributed by atoms with E-state index in [0.717, 1.165) is 17.5 Å². The van der Waals surface area contributed by atoms with E-state index < -0.39 is 5.54 Å². The van der Waals surface area contributed by atoms with Gasteiger partial charge in [0.05, 0.1) is 12.1 Å². The van der Waals surface area contributed by atoms with Crippen molar-refractivity contribution in [3.05, 3.63) is 35.4 Å². The Morgan fingerprint density at radius 1 is 1.42 bits per heavy atom. The van der Waals surface area contributed by atoms with Crippen LogP contribution in [-0.4, -0.2) is 18.6 Å². The molecule has 19 heavy (non-hydrogen) atoms. The van der Waals surface area contributed by atoms with E-state index in [1.54, 1.807) is 14.0 Å². The highest BCUT2D eigenvalue weighted by Crippen LogP contribution is 2.10. The van der Waals surface area contributed by atoms with Gasteiger partial charge in [-0.15, -0.1) is 0 Å². The predicted octanol–water partition coefficient (Wildman–Crippen LogP) is 1.97. The van der Waals surface area contributed by atoms with Gasteiger partial charge in [0.2, 0.25) is 5.91 Å². The quantitative estimate of drug-likeness (QED) is 0.791. The second-order valence-corrected chi connectivity index (χ2v) is 5.10. The molecule has 1 amide bonds. The first-order valence-electron chi connectivity index (χ1n) is 6.63. The van der Waals surface area contributed by atoms with Gasteiger partial charge in [-0.1, -0.05) is 37.6 Å². The van der Waals surface area contributed by atoms with Gasteiger partial charge in [-0.25, -0.2) is 0 Å². The van der Waals surface area contributed by atoms with E-state index in [4.69, 9.17) is 10.5 Å². The Labute approximate surface area is 115 Å². The summed E-state index contributed by atoms with van der Waals surface area (Å²) in [5.41, 5.74) is 7.33. The van der Waals surface area contributed by atoms with Gasteiger partial charge in [0.25, 0.3) is 0 Å². The number of hydrogen-bond acceptors (Lipinski definition) is 3. The lowest BCUT2D eigenvalue weighted by molar-refractivity contribution is -0.126. The van der Waals surface area contributed by atoms with E-state index in [9.17, 15) is 4.79 Å². The van der Waals surface area contributed by atoms with Gasteiger partial charge in [-0.2, -0.15) is 0 Å². The zero-order chi connectivity index (χ0) is 14.3. The first kappa shape index (κ1) is 15.7. The summed E-state index contributed by atoms with van der Waals surface area (Å²) in [6.45, 7) is 4.86. The van der Waals surface area contributed by atoms with Crippen LogP contribution < -0.4 is 11.1 Å². The summed E-state index contributed by atoms with van der Waals surface area (Å²) in [5, 5.41) is 2.89. The molecule has 1 aromatic rings. The third-order valence-corrected chi connectivity index (χ3v) is 3.04. The van der Waals surface area contributed by atoms with Crippen LogP contribution in [-0.2, 0) is 22.7 Å². The lowest BCUT2D eigenvalue weighted by atomic mass is 9.96. The molecule has 1 rings (SSSR count). The van der Waals surface area contributed by atoms with Crippen LogP contribution in [0.15, 0.2) is 24.3 Å². The lowest BCUT2D eigenvalue weighted by Gasteiger charge is -2.22. The van der Waals surface area contributed by atoms with Crippen molar-refractivity contribution in [3.63, 3.8) is 0 Å². The molecular formula is C15H24N2O2. The number of benzene rings is 1. The molecule has 0 heterocycles. The zero-order valence-corrected chi connectivity index (χ0v) is 12.0. The fraction of sp³-hybridized carbons (Fsp3) is 0.533. The van der Waals surface area contributed by atoms with Crippen LogP contribution in [0.25, 0.3) is 0 Å². The standard InChI is InChI=1S/C15H24N2O2/c1-4-8-15(2,16)14(18)17-10-12-6-5-7-13(9-12)11-19-3/h5-7,9H,4,8,10-11,16H2,1-3H3,(H,17,18). The minimum Gasteiger partial charge on any atom is -0.380 e. The van der Waals surface area contributed by atoms with Crippen LogP contribution in [0.1, 0.15) is 37.8 Å². The molecule has 1 aromatic carbocycles. The molecule has 0 spiro atoms. The molecule has 0 saturated carbocycles. The Kier molecular flexibility index (Phi) is 5.99. The van der Waals surface area contributed by atoms with Gasteiger partial charge < -0.3 is 15.8 Å². The van der Waals surface area contributed by atoms with Crippen molar-refractivity contribution in [1.29, 1.82) is 0 Å². The first-order valence-corrected chi connectivity index (χ1v) is 6.63. The van der Waals surface area contributed by atoms with Crippen molar-refractivity contribution < 1.29 is 9.53 Å². The largest absolute Gasteiger partial charge is 0.380 e. The van der Waals surface area contributed by atoms with Crippen LogP contribution >= 0.6 is 0 Å². The number of amides is 1. The van der Waals surface area contributed by atoms with E-state index in [0.29, 0.717) is 19.6 Å². The number of hydrogen-bond donors (Lipinski definition) is 2.